The SMILES string of the molecule is CCc1nc2c(C)cc(C)nc2n1Cc1ccc(C=CCN2CCN3CCCC3C2C)cc1. The van der Waals surface area contributed by atoms with Gasteiger partial charge in [-0.25, -0.2) is 9.97 Å². The minimum atomic E-state index is 0.659. The molecule has 0 amide bonds. The molecule has 5 nitrogen and oxygen atoms in total. The fourth-order valence-corrected chi connectivity index (χ4v) is 5.76. The van der Waals surface area contributed by atoms with E-state index in [0.29, 0.717) is 6.04 Å². The second-order valence-electron chi connectivity index (χ2n) is 9.85. The number of benzene rings is 1. The van der Waals surface area contributed by atoms with Crippen molar-refractivity contribution < 1.29 is 0 Å². The number of imidazole rings is 1. The number of pyridine rings is 1. The lowest BCUT2D eigenvalue weighted by atomic mass is 10.0. The van der Waals surface area contributed by atoms with E-state index in [1.54, 1.807) is 0 Å². The van der Waals surface area contributed by atoms with E-state index < -0.39 is 0 Å². The Morgan fingerprint density at radius 2 is 1.88 bits per heavy atom. The zero-order chi connectivity index (χ0) is 22.9. The maximum atomic E-state index is 4.88. The molecule has 5 rings (SSSR count). The van der Waals surface area contributed by atoms with Crippen molar-refractivity contribution in [1.29, 1.82) is 0 Å². The summed E-state index contributed by atoms with van der Waals surface area (Å²) in [7, 11) is 0. The molecule has 2 fully saturated rings. The summed E-state index contributed by atoms with van der Waals surface area (Å²) in [6, 6.07) is 12.5. The Balaban J connectivity index is 1.26. The van der Waals surface area contributed by atoms with E-state index in [-0.39, 0.29) is 0 Å². The number of rotatable bonds is 6. The van der Waals surface area contributed by atoms with Gasteiger partial charge >= 0.3 is 0 Å². The fraction of sp³-hybridized carbons (Fsp3) is 0.500. The molecule has 0 radical (unpaired) electrons. The van der Waals surface area contributed by atoms with Gasteiger partial charge in [-0.05, 0) is 62.9 Å². The van der Waals surface area contributed by atoms with Crippen molar-refractivity contribution in [2.24, 2.45) is 0 Å². The third kappa shape index (κ3) is 4.49. The normalized spacial score (nSPS) is 21.9. The van der Waals surface area contributed by atoms with E-state index >= 15 is 0 Å². The van der Waals surface area contributed by atoms with Crippen LogP contribution in [0.15, 0.2) is 36.4 Å². The standard InChI is InChI=1S/C28H37N5/c1-5-26-30-27-20(2)18-21(3)29-28(27)33(26)19-24-12-10-23(11-13-24)8-6-14-31-16-17-32-15-7-9-25(32)22(31)4/h6,8,10-13,18,22,25H,5,7,9,14-17,19H2,1-4H3. The van der Waals surface area contributed by atoms with Crippen LogP contribution in [0, 0.1) is 13.8 Å². The number of nitrogens with zero attached hydrogens (tertiary/aromatic N) is 5. The Kier molecular flexibility index (Phi) is 6.35. The summed E-state index contributed by atoms with van der Waals surface area (Å²) in [5.41, 5.74) is 6.84. The average molecular weight is 444 g/mol. The van der Waals surface area contributed by atoms with Gasteiger partial charge in [-0.3, -0.25) is 9.80 Å². The maximum absolute atomic E-state index is 4.88. The lowest BCUT2D eigenvalue weighted by Gasteiger charge is -2.42. The summed E-state index contributed by atoms with van der Waals surface area (Å²) in [5.74, 6) is 1.10. The molecule has 2 atom stereocenters. The number of aryl methyl sites for hydroxylation is 3. The van der Waals surface area contributed by atoms with Crippen LogP contribution in [-0.4, -0.2) is 62.6 Å². The summed E-state index contributed by atoms with van der Waals surface area (Å²) < 4.78 is 2.28. The maximum Gasteiger partial charge on any atom is 0.160 e. The van der Waals surface area contributed by atoms with E-state index in [9.17, 15) is 0 Å². The van der Waals surface area contributed by atoms with Gasteiger partial charge in [0.15, 0.2) is 5.65 Å². The molecule has 4 heterocycles. The molecular weight excluding hydrogens is 406 g/mol. The van der Waals surface area contributed by atoms with E-state index in [2.05, 4.69) is 84.5 Å². The largest absolute Gasteiger partial charge is 0.308 e. The first kappa shape index (κ1) is 22.3. The van der Waals surface area contributed by atoms with Crippen LogP contribution in [0.4, 0.5) is 0 Å². The highest BCUT2D eigenvalue weighted by atomic mass is 15.3. The van der Waals surface area contributed by atoms with E-state index in [0.717, 1.165) is 48.2 Å². The highest BCUT2D eigenvalue weighted by Gasteiger charge is 2.35. The van der Waals surface area contributed by atoms with Crippen molar-refractivity contribution in [3.05, 3.63) is 64.6 Å². The van der Waals surface area contributed by atoms with Crippen molar-refractivity contribution >= 4 is 17.2 Å². The third-order valence-electron chi connectivity index (χ3n) is 7.61. The van der Waals surface area contributed by atoms with Crippen LogP contribution >= 0.6 is 0 Å². The molecule has 0 saturated carbocycles. The van der Waals surface area contributed by atoms with Gasteiger partial charge in [0.1, 0.15) is 11.3 Å². The molecule has 2 aliphatic heterocycles. The van der Waals surface area contributed by atoms with Gasteiger partial charge in [-0.15, -0.1) is 0 Å². The number of hydrogen-bond acceptors (Lipinski definition) is 4. The summed E-state index contributed by atoms with van der Waals surface area (Å²) in [6.45, 7) is 14.3. The molecule has 3 aromatic rings. The second kappa shape index (κ2) is 9.40. The Hall–Kier alpha value is -2.50. The third-order valence-corrected chi connectivity index (χ3v) is 7.61. The van der Waals surface area contributed by atoms with Crippen LogP contribution in [-0.2, 0) is 13.0 Å². The summed E-state index contributed by atoms with van der Waals surface area (Å²) >= 11 is 0. The predicted octanol–water partition coefficient (Wildman–Crippen LogP) is 4.84. The number of hydrogen-bond donors (Lipinski definition) is 0. The highest BCUT2D eigenvalue weighted by molar-refractivity contribution is 5.76. The molecule has 0 bridgehead atoms. The Bertz CT molecular complexity index is 1140. The highest BCUT2D eigenvalue weighted by Crippen LogP contribution is 2.26. The van der Waals surface area contributed by atoms with Crippen LogP contribution in [0.2, 0.25) is 0 Å². The van der Waals surface area contributed by atoms with Gasteiger partial charge in [-0.2, -0.15) is 0 Å². The van der Waals surface area contributed by atoms with Crippen LogP contribution in [0.25, 0.3) is 17.2 Å². The molecule has 2 saturated heterocycles. The lowest BCUT2D eigenvalue weighted by molar-refractivity contribution is 0.0612. The zero-order valence-corrected chi connectivity index (χ0v) is 20.6. The quantitative estimate of drug-likeness (QED) is 0.546. The van der Waals surface area contributed by atoms with Gasteiger partial charge in [0, 0.05) is 43.8 Å². The number of fused-ring (bicyclic) bond motifs is 2. The minimum Gasteiger partial charge on any atom is -0.308 e. The first-order valence-electron chi connectivity index (χ1n) is 12.6. The van der Waals surface area contributed by atoms with Crippen molar-refractivity contribution in [1.82, 2.24) is 24.3 Å². The fourth-order valence-electron chi connectivity index (χ4n) is 5.76. The topological polar surface area (TPSA) is 37.2 Å². The van der Waals surface area contributed by atoms with Gasteiger partial charge in [0.05, 0.1) is 6.54 Å². The first-order chi connectivity index (χ1) is 16.0. The van der Waals surface area contributed by atoms with Crippen LogP contribution in [0.3, 0.4) is 0 Å². The molecule has 5 heteroatoms. The predicted molar refractivity (Wildman–Crippen MR) is 137 cm³/mol. The molecule has 0 aliphatic carbocycles. The van der Waals surface area contributed by atoms with Gasteiger partial charge in [0.2, 0.25) is 0 Å². The van der Waals surface area contributed by atoms with Crippen molar-refractivity contribution in [2.45, 2.75) is 65.6 Å². The number of aromatic nitrogens is 3. The van der Waals surface area contributed by atoms with Crippen molar-refractivity contribution in [3.63, 3.8) is 0 Å². The average Bonchev–Trinajstić information content (AvgIpc) is 3.42. The summed E-state index contributed by atoms with van der Waals surface area (Å²) in [6.07, 6.45) is 8.25. The zero-order valence-electron chi connectivity index (χ0n) is 20.6. The van der Waals surface area contributed by atoms with Crippen molar-refractivity contribution in [2.75, 3.05) is 26.2 Å². The van der Waals surface area contributed by atoms with Crippen LogP contribution in [0.1, 0.15) is 54.9 Å². The Morgan fingerprint density at radius 3 is 2.67 bits per heavy atom. The smallest absolute Gasteiger partial charge is 0.160 e. The molecule has 33 heavy (non-hydrogen) atoms. The molecule has 0 N–H and O–H groups in total. The summed E-state index contributed by atoms with van der Waals surface area (Å²) in [4.78, 5) is 15.0. The monoisotopic (exact) mass is 443 g/mol. The summed E-state index contributed by atoms with van der Waals surface area (Å²) in [5, 5.41) is 0. The van der Waals surface area contributed by atoms with E-state index in [1.165, 1.54) is 49.2 Å². The lowest BCUT2D eigenvalue weighted by Crippen LogP contribution is -2.55. The molecule has 2 aliphatic rings. The first-order valence-corrected chi connectivity index (χ1v) is 12.6. The Morgan fingerprint density at radius 1 is 1.06 bits per heavy atom. The number of piperazine rings is 1. The minimum absolute atomic E-state index is 0.659. The molecule has 2 aromatic heterocycles. The van der Waals surface area contributed by atoms with Gasteiger partial charge < -0.3 is 4.57 Å². The molecule has 174 valence electrons. The van der Waals surface area contributed by atoms with Crippen LogP contribution in [0.5, 0.6) is 0 Å². The molecule has 0 spiro atoms. The Labute approximate surface area is 198 Å². The second-order valence-corrected chi connectivity index (χ2v) is 9.85. The van der Waals surface area contributed by atoms with E-state index in [4.69, 9.17) is 9.97 Å². The van der Waals surface area contributed by atoms with Crippen molar-refractivity contribution in [3.8, 4) is 0 Å². The molecule has 2 unspecified atom stereocenters. The van der Waals surface area contributed by atoms with Gasteiger partial charge in [0.25, 0.3) is 0 Å². The van der Waals surface area contributed by atoms with Gasteiger partial charge in [-0.1, -0.05) is 43.3 Å². The molecule has 1 aromatic carbocycles. The van der Waals surface area contributed by atoms with Crippen LogP contribution < -0.4 is 0 Å². The molecular formula is C28H37N5. The van der Waals surface area contributed by atoms with E-state index in [1.807, 2.05) is 0 Å².